The average molecular weight is 416 g/mol. The van der Waals surface area contributed by atoms with Crippen LogP contribution in [-0.2, 0) is 11.3 Å². The zero-order valence-corrected chi connectivity index (χ0v) is 17.7. The van der Waals surface area contributed by atoms with E-state index in [2.05, 4.69) is 4.98 Å². The molecule has 1 aliphatic rings. The van der Waals surface area contributed by atoms with E-state index in [1.807, 2.05) is 33.8 Å². The molecule has 0 spiro atoms. The highest BCUT2D eigenvalue weighted by Crippen LogP contribution is 2.32. The lowest BCUT2D eigenvalue weighted by molar-refractivity contribution is -0.127. The first-order chi connectivity index (χ1) is 14.2. The van der Waals surface area contributed by atoms with Crippen molar-refractivity contribution in [3.05, 3.63) is 45.1 Å². The SMILES string of the molecule is CC(C)CN(C(=O)[C@@H]1COc2ccccc2O1)c1c(N)n(CC(C)C)c(=O)[nH]c1=O. The minimum atomic E-state index is -0.942. The van der Waals surface area contributed by atoms with Crippen LogP contribution in [0.25, 0.3) is 0 Å². The number of anilines is 2. The summed E-state index contributed by atoms with van der Waals surface area (Å²) >= 11 is 0. The molecule has 162 valence electrons. The first-order valence-electron chi connectivity index (χ1n) is 10.0. The Labute approximate surface area is 174 Å². The Balaban J connectivity index is 2.02. The van der Waals surface area contributed by atoms with Crippen LogP contribution in [-0.4, -0.2) is 34.7 Å². The second kappa shape index (κ2) is 8.64. The quantitative estimate of drug-likeness (QED) is 0.738. The van der Waals surface area contributed by atoms with Crippen molar-refractivity contribution in [2.24, 2.45) is 11.8 Å². The molecule has 9 nitrogen and oxygen atoms in total. The van der Waals surface area contributed by atoms with Crippen LogP contribution in [0, 0.1) is 11.8 Å². The maximum Gasteiger partial charge on any atom is 0.330 e. The van der Waals surface area contributed by atoms with Crippen molar-refractivity contribution in [3.8, 4) is 11.5 Å². The number of amides is 1. The first-order valence-corrected chi connectivity index (χ1v) is 10.0. The highest BCUT2D eigenvalue weighted by Gasteiger charge is 2.34. The van der Waals surface area contributed by atoms with Gasteiger partial charge in [0.2, 0.25) is 6.10 Å². The molecule has 0 saturated carbocycles. The van der Waals surface area contributed by atoms with Gasteiger partial charge in [-0.2, -0.15) is 0 Å². The van der Waals surface area contributed by atoms with E-state index in [9.17, 15) is 14.4 Å². The standard InChI is InChI=1S/C21H28N4O5/c1-12(2)9-24(17-18(22)25(10-13(3)4)21(28)23-19(17)26)20(27)16-11-29-14-7-5-6-8-15(14)30-16/h5-8,12-13,16H,9-11,22H2,1-4H3,(H,23,26,28)/t16-/m0/s1. The van der Waals surface area contributed by atoms with Gasteiger partial charge in [0.1, 0.15) is 12.4 Å². The highest BCUT2D eigenvalue weighted by molar-refractivity contribution is 5.99. The molecule has 0 radical (unpaired) electrons. The molecule has 1 atom stereocenters. The summed E-state index contributed by atoms with van der Waals surface area (Å²) in [4.78, 5) is 42.0. The van der Waals surface area contributed by atoms with Crippen molar-refractivity contribution in [2.75, 3.05) is 23.8 Å². The highest BCUT2D eigenvalue weighted by atomic mass is 16.6. The van der Waals surface area contributed by atoms with Crippen LogP contribution in [0.2, 0.25) is 0 Å². The smallest absolute Gasteiger partial charge is 0.330 e. The third-order valence-corrected chi connectivity index (χ3v) is 4.63. The van der Waals surface area contributed by atoms with E-state index in [-0.39, 0.29) is 36.5 Å². The minimum Gasteiger partial charge on any atom is -0.485 e. The van der Waals surface area contributed by atoms with Gasteiger partial charge in [0.15, 0.2) is 17.2 Å². The van der Waals surface area contributed by atoms with Crippen molar-refractivity contribution in [1.29, 1.82) is 0 Å². The van der Waals surface area contributed by atoms with E-state index in [1.165, 1.54) is 9.47 Å². The van der Waals surface area contributed by atoms with Gasteiger partial charge in [0.05, 0.1) is 0 Å². The van der Waals surface area contributed by atoms with E-state index in [4.69, 9.17) is 15.2 Å². The van der Waals surface area contributed by atoms with Crippen LogP contribution in [0.5, 0.6) is 11.5 Å². The van der Waals surface area contributed by atoms with Crippen molar-refractivity contribution in [1.82, 2.24) is 9.55 Å². The molecule has 2 aromatic rings. The van der Waals surface area contributed by atoms with Crippen LogP contribution >= 0.6 is 0 Å². The second-order valence-corrected chi connectivity index (χ2v) is 8.20. The first kappa shape index (κ1) is 21.5. The Morgan fingerprint density at radius 1 is 1.20 bits per heavy atom. The number of rotatable bonds is 6. The van der Waals surface area contributed by atoms with Crippen LogP contribution < -0.4 is 31.4 Å². The minimum absolute atomic E-state index is 0.00782. The third-order valence-electron chi connectivity index (χ3n) is 4.63. The van der Waals surface area contributed by atoms with Crippen LogP contribution in [0.3, 0.4) is 0 Å². The lowest BCUT2D eigenvalue weighted by Gasteiger charge is -2.32. The number of carbonyl (C=O) groups is 1. The molecule has 3 rings (SSSR count). The van der Waals surface area contributed by atoms with Gasteiger partial charge in [-0.15, -0.1) is 0 Å². The molecule has 1 aromatic carbocycles. The van der Waals surface area contributed by atoms with Gasteiger partial charge in [-0.25, -0.2) is 4.79 Å². The molecule has 1 aliphatic heterocycles. The fourth-order valence-corrected chi connectivity index (χ4v) is 3.36. The number of hydrogen-bond acceptors (Lipinski definition) is 6. The van der Waals surface area contributed by atoms with Crippen LogP contribution in [0.15, 0.2) is 33.9 Å². The number of para-hydroxylation sites is 2. The Kier molecular flexibility index (Phi) is 6.19. The number of ether oxygens (including phenoxy) is 2. The molecule has 1 amide bonds. The monoisotopic (exact) mass is 416 g/mol. The number of carbonyl (C=O) groups excluding carboxylic acids is 1. The van der Waals surface area contributed by atoms with Crippen molar-refractivity contribution in [3.63, 3.8) is 0 Å². The average Bonchev–Trinajstić information content (AvgIpc) is 2.69. The molecule has 3 N–H and O–H groups in total. The molecular weight excluding hydrogens is 388 g/mol. The van der Waals surface area contributed by atoms with Crippen molar-refractivity contribution in [2.45, 2.75) is 40.3 Å². The Morgan fingerprint density at radius 2 is 1.87 bits per heavy atom. The second-order valence-electron chi connectivity index (χ2n) is 8.20. The largest absolute Gasteiger partial charge is 0.485 e. The summed E-state index contributed by atoms with van der Waals surface area (Å²) in [5.41, 5.74) is 4.88. The molecule has 0 saturated heterocycles. The molecule has 0 fully saturated rings. The number of nitrogens with two attached hydrogens (primary N) is 1. The van der Waals surface area contributed by atoms with Gasteiger partial charge in [0, 0.05) is 13.1 Å². The number of fused-ring (bicyclic) bond motifs is 1. The summed E-state index contributed by atoms with van der Waals surface area (Å²) in [6, 6.07) is 7.07. The molecule has 1 aromatic heterocycles. The summed E-state index contributed by atoms with van der Waals surface area (Å²) in [5, 5.41) is 0. The summed E-state index contributed by atoms with van der Waals surface area (Å²) < 4.78 is 12.8. The lowest BCUT2D eigenvalue weighted by Crippen LogP contribution is -2.50. The number of hydrogen-bond donors (Lipinski definition) is 2. The Bertz CT molecular complexity index is 1040. The molecule has 30 heavy (non-hydrogen) atoms. The van der Waals surface area contributed by atoms with Gasteiger partial charge < -0.3 is 20.1 Å². The van der Waals surface area contributed by atoms with E-state index in [0.29, 0.717) is 18.0 Å². The normalized spacial score (nSPS) is 15.5. The van der Waals surface area contributed by atoms with Gasteiger partial charge in [0.25, 0.3) is 11.5 Å². The number of aromatic nitrogens is 2. The number of nitrogens with zero attached hydrogens (tertiary/aromatic N) is 2. The van der Waals surface area contributed by atoms with Crippen molar-refractivity contribution >= 4 is 17.4 Å². The predicted molar refractivity (Wildman–Crippen MR) is 114 cm³/mol. The fourth-order valence-electron chi connectivity index (χ4n) is 3.36. The number of nitrogen functional groups attached to an aromatic ring is 1. The molecule has 2 heterocycles. The molecule has 0 bridgehead atoms. The fraction of sp³-hybridized carbons (Fsp3) is 0.476. The Morgan fingerprint density at radius 3 is 2.50 bits per heavy atom. The van der Waals surface area contributed by atoms with Gasteiger partial charge in [-0.3, -0.25) is 19.1 Å². The third kappa shape index (κ3) is 4.34. The number of benzene rings is 1. The van der Waals surface area contributed by atoms with Crippen LogP contribution in [0.4, 0.5) is 11.5 Å². The summed E-state index contributed by atoms with van der Waals surface area (Å²) in [7, 11) is 0. The summed E-state index contributed by atoms with van der Waals surface area (Å²) in [6.45, 7) is 8.25. The number of nitrogens with one attached hydrogen (secondary N) is 1. The van der Waals surface area contributed by atoms with E-state index < -0.39 is 23.3 Å². The lowest BCUT2D eigenvalue weighted by atomic mass is 10.1. The zero-order valence-electron chi connectivity index (χ0n) is 17.7. The molecule has 9 heteroatoms. The number of aromatic amines is 1. The maximum atomic E-state index is 13.4. The van der Waals surface area contributed by atoms with Crippen LogP contribution in [0.1, 0.15) is 27.7 Å². The zero-order chi connectivity index (χ0) is 22.0. The van der Waals surface area contributed by atoms with Crippen molar-refractivity contribution < 1.29 is 14.3 Å². The number of H-pyrrole nitrogens is 1. The van der Waals surface area contributed by atoms with Gasteiger partial charge in [-0.1, -0.05) is 39.8 Å². The Hall–Kier alpha value is -3.23. The summed E-state index contributed by atoms with van der Waals surface area (Å²) in [5.74, 6) is 0.673. The van der Waals surface area contributed by atoms with E-state index >= 15 is 0 Å². The van der Waals surface area contributed by atoms with E-state index in [1.54, 1.807) is 18.2 Å². The molecule has 0 unspecified atom stereocenters. The molecular formula is C21H28N4O5. The maximum absolute atomic E-state index is 13.4. The van der Waals surface area contributed by atoms with Gasteiger partial charge >= 0.3 is 5.69 Å². The van der Waals surface area contributed by atoms with E-state index in [0.717, 1.165) is 0 Å². The molecule has 0 aliphatic carbocycles. The van der Waals surface area contributed by atoms with Gasteiger partial charge in [-0.05, 0) is 24.0 Å². The predicted octanol–water partition coefficient (Wildman–Crippen LogP) is 1.60. The topological polar surface area (TPSA) is 120 Å². The summed E-state index contributed by atoms with van der Waals surface area (Å²) in [6.07, 6.45) is -0.942.